The summed E-state index contributed by atoms with van der Waals surface area (Å²) in [6.07, 6.45) is -4.81. The van der Waals surface area contributed by atoms with E-state index >= 15 is 0 Å². The Balaban J connectivity index is 2.27. The highest BCUT2D eigenvalue weighted by Gasteiger charge is 2.33. The average Bonchev–Trinajstić information content (AvgIpc) is 2.35. The Morgan fingerprint density at radius 2 is 2.05 bits per heavy atom. The van der Waals surface area contributed by atoms with Crippen LogP contribution in [0.25, 0.3) is 0 Å². The van der Waals surface area contributed by atoms with Crippen LogP contribution in [0.2, 0.25) is 0 Å². The molecule has 1 saturated heterocycles. The molecule has 21 heavy (non-hydrogen) atoms. The minimum Gasteiger partial charge on any atom is -0.405 e. The Morgan fingerprint density at radius 1 is 1.38 bits per heavy atom. The molecule has 0 radical (unpaired) electrons. The van der Waals surface area contributed by atoms with E-state index in [1.165, 1.54) is 24.0 Å². The van der Waals surface area contributed by atoms with Gasteiger partial charge >= 0.3 is 6.36 Å². The lowest BCUT2D eigenvalue weighted by Gasteiger charge is -2.31. The van der Waals surface area contributed by atoms with Gasteiger partial charge in [0.1, 0.15) is 18.3 Å². The summed E-state index contributed by atoms with van der Waals surface area (Å²) in [4.78, 5) is 24.6. The number of hydrogen-bond acceptors (Lipinski definition) is 3. The smallest absolute Gasteiger partial charge is 0.405 e. The van der Waals surface area contributed by atoms with Crippen LogP contribution in [-0.2, 0) is 9.59 Å². The second-order valence-corrected chi connectivity index (χ2v) is 5.23. The highest BCUT2D eigenvalue weighted by Crippen LogP contribution is 2.33. The maximum Gasteiger partial charge on any atom is 0.573 e. The molecule has 1 unspecified atom stereocenters. The lowest BCUT2D eigenvalue weighted by molar-refractivity contribution is -0.274. The third-order valence-electron chi connectivity index (χ3n) is 2.77. The Bertz CT molecular complexity index is 592. The number of halogens is 4. The molecule has 114 valence electrons. The van der Waals surface area contributed by atoms with Gasteiger partial charge in [0.15, 0.2) is 0 Å². The Kier molecular flexibility index (Phi) is 4.13. The molecule has 0 saturated carbocycles. The standard InChI is InChI=1S/C12H10BrF3N2O3/c1-6-11(20)18(5-10(19)17-6)7-2-3-9(8(13)4-7)21-12(14,15)16/h2-4,6H,5H2,1H3,(H,17,19). The van der Waals surface area contributed by atoms with Crippen LogP contribution < -0.4 is 15.0 Å². The summed E-state index contributed by atoms with van der Waals surface area (Å²) in [6.45, 7) is 1.34. The van der Waals surface area contributed by atoms with E-state index in [0.717, 1.165) is 6.07 Å². The van der Waals surface area contributed by atoms with Gasteiger partial charge in [-0.2, -0.15) is 0 Å². The number of carbonyl (C=O) groups is 2. The quantitative estimate of drug-likeness (QED) is 0.872. The van der Waals surface area contributed by atoms with Crippen molar-refractivity contribution >= 4 is 33.4 Å². The fourth-order valence-electron chi connectivity index (χ4n) is 1.89. The van der Waals surface area contributed by atoms with E-state index < -0.39 is 18.2 Å². The van der Waals surface area contributed by atoms with Gasteiger partial charge in [-0.05, 0) is 41.1 Å². The Morgan fingerprint density at radius 3 is 2.62 bits per heavy atom. The number of nitrogens with zero attached hydrogens (tertiary/aromatic N) is 1. The van der Waals surface area contributed by atoms with Crippen LogP contribution in [0.1, 0.15) is 6.92 Å². The van der Waals surface area contributed by atoms with Crippen molar-refractivity contribution in [1.82, 2.24) is 5.32 Å². The zero-order chi connectivity index (χ0) is 15.8. The molecule has 1 aromatic rings. The molecule has 2 amide bonds. The lowest BCUT2D eigenvalue weighted by atomic mass is 10.2. The van der Waals surface area contributed by atoms with Crippen LogP contribution >= 0.6 is 15.9 Å². The number of piperazine rings is 1. The molecule has 1 atom stereocenters. The number of anilines is 1. The minimum absolute atomic E-state index is 0.0313. The first-order chi connectivity index (χ1) is 9.67. The summed E-state index contributed by atoms with van der Waals surface area (Å²) < 4.78 is 40.4. The fraction of sp³-hybridized carbons (Fsp3) is 0.333. The molecule has 5 nitrogen and oxygen atoms in total. The molecule has 0 bridgehead atoms. The van der Waals surface area contributed by atoms with Gasteiger partial charge in [-0.3, -0.25) is 9.59 Å². The van der Waals surface area contributed by atoms with Crippen LogP contribution in [0.4, 0.5) is 18.9 Å². The lowest BCUT2D eigenvalue weighted by Crippen LogP contribution is -2.57. The normalized spacial score (nSPS) is 19.5. The molecular formula is C12H10BrF3N2O3. The molecule has 1 aliphatic heterocycles. The van der Waals surface area contributed by atoms with E-state index in [1.54, 1.807) is 0 Å². The number of rotatable bonds is 2. The van der Waals surface area contributed by atoms with Gasteiger partial charge in [-0.25, -0.2) is 0 Å². The maximum atomic E-state index is 12.2. The molecule has 1 aliphatic rings. The number of amides is 2. The molecule has 0 aromatic heterocycles. The fourth-order valence-corrected chi connectivity index (χ4v) is 2.34. The van der Waals surface area contributed by atoms with E-state index in [-0.39, 0.29) is 22.8 Å². The van der Waals surface area contributed by atoms with Crippen molar-refractivity contribution in [2.75, 3.05) is 11.4 Å². The molecule has 2 rings (SSSR count). The van der Waals surface area contributed by atoms with Crippen molar-refractivity contribution in [3.63, 3.8) is 0 Å². The van der Waals surface area contributed by atoms with Gasteiger partial charge in [0.05, 0.1) is 4.47 Å². The van der Waals surface area contributed by atoms with Crippen LogP contribution in [-0.4, -0.2) is 30.8 Å². The van der Waals surface area contributed by atoms with E-state index in [2.05, 4.69) is 26.0 Å². The first-order valence-electron chi connectivity index (χ1n) is 5.83. The first kappa shape index (κ1) is 15.6. The van der Waals surface area contributed by atoms with Gasteiger partial charge in [0.2, 0.25) is 11.8 Å². The molecule has 9 heteroatoms. The number of benzene rings is 1. The third-order valence-corrected chi connectivity index (χ3v) is 3.39. The topological polar surface area (TPSA) is 58.6 Å². The molecule has 1 aromatic carbocycles. The molecule has 1 N–H and O–H groups in total. The van der Waals surface area contributed by atoms with Crippen LogP contribution in [0.5, 0.6) is 5.75 Å². The monoisotopic (exact) mass is 366 g/mol. The van der Waals surface area contributed by atoms with E-state index in [4.69, 9.17) is 0 Å². The number of carbonyl (C=O) groups excluding carboxylic acids is 2. The van der Waals surface area contributed by atoms with E-state index in [1.807, 2.05) is 0 Å². The number of hydrogen-bond donors (Lipinski definition) is 1. The largest absolute Gasteiger partial charge is 0.573 e. The molecule has 1 fully saturated rings. The summed E-state index contributed by atoms with van der Waals surface area (Å²) in [5, 5.41) is 2.47. The number of alkyl halides is 3. The summed E-state index contributed by atoms with van der Waals surface area (Å²) in [6, 6.07) is 2.98. The highest BCUT2D eigenvalue weighted by molar-refractivity contribution is 9.10. The van der Waals surface area contributed by atoms with Gasteiger partial charge in [0.25, 0.3) is 0 Å². The maximum absolute atomic E-state index is 12.2. The van der Waals surface area contributed by atoms with Crippen LogP contribution in [0, 0.1) is 0 Å². The molecule has 0 spiro atoms. The molecule has 0 aliphatic carbocycles. The van der Waals surface area contributed by atoms with Crippen molar-refractivity contribution in [1.29, 1.82) is 0 Å². The van der Waals surface area contributed by atoms with Crippen molar-refractivity contribution < 1.29 is 27.5 Å². The second kappa shape index (κ2) is 5.55. The van der Waals surface area contributed by atoms with Crippen LogP contribution in [0.15, 0.2) is 22.7 Å². The predicted octanol–water partition coefficient (Wildman–Crippen LogP) is 2.20. The zero-order valence-electron chi connectivity index (χ0n) is 10.7. The Labute approximate surface area is 126 Å². The summed E-state index contributed by atoms with van der Waals surface area (Å²) in [7, 11) is 0. The Hall–Kier alpha value is -1.77. The zero-order valence-corrected chi connectivity index (χ0v) is 12.3. The first-order valence-corrected chi connectivity index (χ1v) is 6.63. The second-order valence-electron chi connectivity index (χ2n) is 4.38. The van der Waals surface area contributed by atoms with E-state index in [9.17, 15) is 22.8 Å². The summed E-state index contributed by atoms with van der Waals surface area (Å²) >= 11 is 2.95. The van der Waals surface area contributed by atoms with Gasteiger partial charge in [-0.15, -0.1) is 13.2 Å². The summed E-state index contributed by atoms with van der Waals surface area (Å²) in [5.41, 5.74) is 0.308. The minimum atomic E-state index is -4.81. The average molecular weight is 367 g/mol. The van der Waals surface area contributed by atoms with Gasteiger partial charge < -0.3 is 15.0 Å². The van der Waals surface area contributed by atoms with Crippen molar-refractivity contribution in [2.24, 2.45) is 0 Å². The van der Waals surface area contributed by atoms with Gasteiger partial charge in [0, 0.05) is 5.69 Å². The van der Waals surface area contributed by atoms with Crippen molar-refractivity contribution in [2.45, 2.75) is 19.3 Å². The summed E-state index contributed by atoms with van der Waals surface area (Å²) in [5.74, 6) is -1.10. The number of ether oxygens (including phenoxy) is 1. The highest BCUT2D eigenvalue weighted by atomic mass is 79.9. The molecular weight excluding hydrogens is 357 g/mol. The van der Waals surface area contributed by atoms with Crippen molar-refractivity contribution in [3.8, 4) is 5.75 Å². The number of nitrogens with one attached hydrogen (secondary N) is 1. The SMILES string of the molecule is CC1NC(=O)CN(c2ccc(OC(F)(F)F)c(Br)c2)C1=O. The molecule has 1 heterocycles. The van der Waals surface area contributed by atoms with E-state index in [0.29, 0.717) is 5.69 Å². The predicted molar refractivity (Wildman–Crippen MR) is 70.8 cm³/mol. The van der Waals surface area contributed by atoms with Crippen molar-refractivity contribution in [3.05, 3.63) is 22.7 Å². The van der Waals surface area contributed by atoms with Crippen LogP contribution in [0.3, 0.4) is 0 Å². The third kappa shape index (κ3) is 3.66. The van der Waals surface area contributed by atoms with Gasteiger partial charge in [-0.1, -0.05) is 0 Å².